The van der Waals surface area contributed by atoms with Gasteiger partial charge in [-0.1, -0.05) is 18.6 Å². The highest BCUT2D eigenvalue weighted by atomic mass is 32.1. The van der Waals surface area contributed by atoms with Crippen molar-refractivity contribution in [2.45, 2.75) is 57.2 Å². The van der Waals surface area contributed by atoms with Crippen LogP contribution in [0.25, 0.3) is 32.6 Å². The second-order valence-corrected chi connectivity index (χ2v) is 9.58. The van der Waals surface area contributed by atoms with Gasteiger partial charge in [0.25, 0.3) is 0 Å². The molecular weight excluding hydrogens is 420 g/mol. The van der Waals surface area contributed by atoms with Crippen molar-refractivity contribution in [3.63, 3.8) is 0 Å². The minimum Gasteiger partial charge on any atom is -0.337 e. The normalized spacial score (nSPS) is 22.8. The SMILES string of the molecule is CCN(c1ncc(-c2ccc(-c3cn[nH]c3)c3ncsc23)nn1)C1C[C@@H]2CCC[C@@H](C1)N2. The van der Waals surface area contributed by atoms with E-state index in [1.807, 2.05) is 24.1 Å². The molecule has 0 aliphatic carbocycles. The second kappa shape index (κ2) is 8.22. The van der Waals surface area contributed by atoms with Crippen LogP contribution in [0.5, 0.6) is 0 Å². The number of piperidine rings is 2. The van der Waals surface area contributed by atoms with Crippen molar-refractivity contribution in [1.29, 1.82) is 0 Å². The topological polar surface area (TPSA) is 95.5 Å². The maximum Gasteiger partial charge on any atom is 0.245 e. The average molecular weight is 447 g/mol. The number of aromatic nitrogens is 6. The number of hydrogen-bond acceptors (Lipinski definition) is 8. The Morgan fingerprint density at radius 3 is 2.62 bits per heavy atom. The number of fused-ring (bicyclic) bond motifs is 3. The minimum absolute atomic E-state index is 0.478. The van der Waals surface area contributed by atoms with Crippen molar-refractivity contribution >= 4 is 27.5 Å². The van der Waals surface area contributed by atoms with Gasteiger partial charge >= 0.3 is 0 Å². The molecule has 0 amide bonds. The van der Waals surface area contributed by atoms with E-state index in [1.165, 1.54) is 19.3 Å². The van der Waals surface area contributed by atoms with Gasteiger partial charge in [-0.3, -0.25) is 5.10 Å². The average Bonchev–Trinajstić information content (AvgIpc) is 3.52. The van der Waals surface area contributed by atoms with Crippen LogP contribution in [-0.2, 0) is 0 Å². The van der Waals surface area contributed by atoms with E-state index in [4.69, 9.17) is 4.98 Å². The zero-order chi connectivity index (χ0) is 21.5. The highest BCUT2D eigenvalue weighted by molar-refractivity contribution is 7.17. The Hall–Kier alpha value is -2.91. The van der Waals surface area contributed by atoms with E-state index in [2.05, 4.69) is 54.7 Å². The number of rotatable bonds is 5. The van der Waals surface area contributed by atoms with Crippen molar-refractivity contribution < 1.29 is 0 Å². The fraction of sp³-hybridized carbons (Fsp3) is 0.435. The molecule has 0 spiro atoms. The number of nitrogens with zero attached hydrogens (tertiary/aromatic N) is 6. The van der Waals surface area contributed by atoms with Crippen molar-refractivity contribution in [3.8, 4) is 22.4 Å². The standard InChI is InChI=1S/C23H26N8S/c1-2-31(17-8-15-4-3-5-16(9-17)28-15)23-24-12-20(29-30-23)19-7-6-18(14-10-26-27-11-14)21-22(19)32-13-25-21/h6-7,10-13,15-17,28H,2-5,8-9H2,1H3,(H,26,27)/t15-,16-/m0/s1. The predicted molar refractivity (Wildman–Crippen MR) is 127 cm³/mol. The molecule has 164 valence electrons. The van der Waals surface area contributed by atoms with Gasteiger partial charge in [0.05, 0.1) is 28.1 Å². The van der Waals surface area contributed by atoms with Crippen molar-refractivity contribution in [3.05, 3.63) is 36.2 Å². The van der Waals surface area contributed by atoms with E-state index in [1.54, 1.807) is 11.3 Å². The zero-order valence-electron chi connectivity index (χ0n) is 18.0. The molecule has 9 heteroatoms. The summed E-state index contributed by atoms with van der Waals surface area (Å²) < 4.78 is 1.09. The first kappa shape index (κ1) is 19.8. The van der Waals surface area contributed by atoms with Crippen molar-refractivity contribution in [2.24, 2.45) is 0 Å². The lowest BCUT2D eigenvalue weighted by Crippen LogP contribution is -2.55. The first-order valence-electron chi connectivity index (χ1n) is 11.4. The molecule has 0 radical (unpaired) electrons. The van der Waals surface area contributed by atoms with Crippen LogP contribution in [0.1, 0.15) is 39.0 Å². The second-order valence-electron chi connectivity index (χ2n) is 8.72. The fourth-order valence-electron chi connectivity index (χ4n) is 5.36. The lowest BCUT2D eigenvalue weighted by atomic mass is 9.83. The molecule has 2 aliphatic rings. The minimum atomic E-state index is 0.478. The molecule has 3 aromatic heterocycles. The number of hydrogen-bond donors (Lipinski definition) is 2. The number of H-pyrrole nitrogens is 1. The van der Waals surface area contributed by atoms with E-state index in [-0.39, 0.29) is 0 Å². The summed E-state index contributed by atoms with van der Waals surface area (Å²) in [6.07, 6.45) is 11.8. The summed E-state index contributed by atoms with van der Waals surface area (Å²) in [6.45, 7) is 3.08. The summed E-state index contributed by atoms with van der Waals surface area (Å²) in [6, 6.07) is 5.89. The van der Waals surface area contributed by atoms with Gasteiger partial charge in [-0.05, 0) is 32.6 Å². The van der Waals surface area contributed by atoms with Crippen molar-refractivity contribution in [2.75, 3.05) is 11.4 Å². The molecule has 5 heterocycles. The Balaban J connectivity index is 1.30. The number of thiazole rings is 1. The van der Waals surface area contributed by atoms with Gasteiger partial charge in [0.2, 0.25) is 5.95 Å². The largest absolute Gasteiger partial charge is 0.337 e. The smallest absolute Gasteiger partial charge is 0.245 e. The van der Waals surface area contributed by atoms with Crippen LogP contribution in [-0.4, -0.2) is 55.0 Å². The summed E-state index contributed by atoms with van der Waals surface area (Å²) in [4.78, 5) is 11.7. The third-order valence-corrected chi connectivity index (χ3v) is 7.71. The van der Waals surface area contributed by atoms with Crippen LogP contribution in [0.4, 0.5) is 5.95 Å². The molecule has 1 aromatic carbocycles. The lowest BCUT2D eigenvalue weighted by molar-refractivity contribution is 0.216. The first-order valence-corrected chi connectivity index (χ1v) is 12.3. The van der Waals surface area contributed by atoms with E-state index >= 15 is 0 Å². The van der Waals surface area contributed by atoms with Gasteiger partial charge in [-0.25, -0.2) is 9.97 Å². The molecule has 2 atom stereocenters. The highest BCUT2D eigenvalue weighted by Gasteiger charge is 2.34. The first-order chi connectivity index (χ1) is 15.8. The molecule has 2 aliphatic heterocycles. The van der Waals surface area contributed by atoms with Gasteiger partial charge < -0.3 is 10.2 Å². The molecule has 2 bridgehead atoms. The van der Waals surface area contributed by atoms with Crippen LogP contribution >= 0.6 is 11.3 Å². The monoisotopic (exact) mass is 446 g/mol. The third kappa shape index (κ3) is 3.45. The molecular formula is C23H26N8S. The summed E-state index contributed by atoms with van der Waals surface area (Å²) >= 11 is 1.61. The maximum absolute atomic E-state index is 4.76. The van der Waals surface area contributed by atoms with Gasteiger partial charge in [0.15, 0.2) is 0 Å². The van der Waals surface area contributed by atoms with E-state index in [9.17, 15) is 0 Å². The summed E-state index contributed by atoms with van der Waals surface area (Å²) in [5, 5.41) is 19.9. The van der Waals surface area contributed by atoms with E-state index in [0.717, 1.165) is 57.9 Å². The van der Waals surface area contributed by atoms with Gasteiger partial charge in [0, 0.05) is 47.6 Å². The number of aromatic amines is 1. The third-order valence-electron chi connectivity index (χ3n) is 6.85. The van der Waals surface area contributed by atoms with Crippen LogP contribution in [0, 0.1) is 0 Å². The Bertz CT molecular complexity index is 1190. The van der Waals surface area contributed by atoms with Gasteiger partial charge in [0.1, 0.15) is 5.69 Å². The summed E-state index contributed by atoms with van der Waals surface area (Å²) in [5.74, 6) is 0.733. The molecule has 2 fully saturated rings. The lowest BCUT2D eigenvalue weighted by Gasteiger charge is -2.44. The Kier molecular flexibility index (Phi) is 5.07. The molecule has 2 saturated heterocycles. The van der Waals surface area contributed by atoms with Crippen molar-refractivity contribution in [1.82, 2.24) is 35.7 Å². The summed E-state index contributed by atoms with van der Waals surface area (Å²) in [5.41, 5.74) is 6.71. The highest BCUT2D eigenvalue weighted by Crippen LogP contribution is 2.36. The Labute approximate surface area is 190 Å². The molecule has 8 nitrogen and oxygen atoms in total. The molecule has 6 rings (SSSR count). The molecule has 4 aromatic rings. The van der Waals surface area contributed by atoms with Gasteiger partial charge in [-0.2, -0.15) is 5.10 Å². The van der Waals surface area contributed by atoms with E-state index < -0.39 is 0 Å². The predicted octanol–water partition coefficient (Wildman–Crippen LogP) is 4.04. The Morgan fingerprint density at radius 1 is 1.06 bits per heavy atom. The number of benzene rings is 1. The Morgan fingerprint density at radius 2 is 1.91 bits per heavy atom. The zero-order valence-corrected chi connectivity index (χ0v) is 18.8. The van der Waals surface area contributed by atoms with Crippen LogP contribution in [0.3, 0.4) is 0 Å². The molecule has 0 saturated carbocycles. The molecule has 0 unspecified atom stereocenters. The fourth-order valence-corrected chi connectivity index (χ4v) is 6.20. The maximum atomic E-state index is 4.76. The quantitative estimate of drug-likeness (QED) is 0.478. The van der Waals surface area contributed by atoms with Crippen LogP contribution < -0.4 is 10.2 Å². The molecule has 2 N–H and O–H groups in total. The van der Waals surface area contributed by atoms with E-state index in [0.29, 0.717) is 18.1 Å². The van der Waals surface area contributed by atoms with Crippen LogP contribution in [0.15, 0.2) is 36.2 Å². The van der Waals surface area contributed by atoms with Gasteiger partial charge in [-0.15, -0.1) is 21.5 Å². The van der Waals surface area contributed by atoms with Crippen LogP contribution in [0.2, 0.25) is 0 Å². The summed E-state index contributed by atoms with van der Waals surface area (Å²) in [7, 11) is 0. The number of anilines is 1. The molecule has 32 heavy (non-hydrogen) atoms. The number of nitrogens with one attached hydrogen (secondary N) is 2.